The van der Waals surface area contributed by atoms with E-state index < -0.39 is 41.7 Å². The van der Waals surface area contributed by atoms with Crippen molar-refractivity contribution in [3.63, 3.8) is 0 Å². The summed E-state index contributed by atoms with van der Waals surface area (Å²) in [7, 11) is 0. The second-order valence-electron chi connectivity index (χ2n) is 5.31. The summed E-state index contributed by atoms with van der Waals surface area (Å²) < 4.78 is 42.2. The molecule has 0 radical (unpaired) electrons. The highest BCUT2D eigenvalue weighted by atomic mass is 19.4. The predicted octanol–water partition coefficient (Wildman–Crippen LogP) is 1.82. The van der Waals surface area contributed by atoms with Crippen LogP contribution in [0.15, 0.2) is 36.4 Å². The number of nitrogens with one attached hydrogen (secondary N) is 1. The number of carboxylic acids is 1. The number of benzene rings is 1. The van der Waals surface area contributed by atoms with Gasteiger partial charge in [0.25, 0.3) is 5.91 Å². The molecule has 0 bridgehead atoms. The van der Waals surface area contributed by atoms with Gasteiger partial charge >= 0.3 is 18.1 Å². The van der Waals surface area contributed by atoms with Gasteiger partial charge in [-0.15, -0.1) is 0 Å². The first kappa shape index (κ1) is 22.2. The molecule has 0 heterocycles. The highest BCUT2D eigenvalue weighted by Gasteiger charge is 2.31. The Kier molecular flexibility index (Phi) is 7.98. The van der Waals surface area contributed by atoms with Crippen molar-refractivity contribution in [3.8, 4) is 0 Å². The third-order valence-corrected chi connectivity index (χ3v) is 3.33. The van der Waals surface area contributed by atoms with E-state index in [1.165, 1.54) is 6.08 Å². The Balaban J connectivity index is 2.75. The van der Waals surface area contributed by atoms with E-state index in [-0.39, 0.29) is 18.6 Å². The molecular weight excluding hydrogens is 371 g/mol. The van der Waals surface area contributed by atoms with E-state index in [4.69, 9.17) is 5.11 Å². The number of ether oxygens (including phenoxy) is 1. The van der Waals surface area contributed by atoms with Gasteiger partial charge in [0.15, 0.2) is 6.10 Å². The number of carbonyl (C=O) groups excluding carboxylic acids is 2. The van der Waals surface area contributed by atoms with E-state index in [2.05, 4.69) is 10.1 Å². The van der Waals surface area contributed by atoms with E-state index >= 15 is 0 Å². The Morgan fingerprint density at radius 2 is 1.81 bits per heavy atom. The van der Waals surface area contributed by atoms with Crippen molar-refractivity contribution in [1.82, 2.24) is 5.32 Å². The molecule has 0 saturated carbocycles. The predicted molar refractivity (Wildman–Crippen MR) is 86.4 cm³/mol. The fourth-order valence-electron chi connectivity index (χ4n) is 1.97. The number of esters is 1. The normalized spacial score (nSPS) is 13.8. The topological polar surface area (TPSA) is 113 Å². The van der Waals surface area contributed by atoms with Crippen LogP contribution in [0.4, 0.5) is 13.2 Å². The molecule has 27 heavy (non-hydrogen) atoms. The summed E-state index contributed by atoms with van der Waals surface area (Å²) in [5.74, 6) is -3.21. The highest BCUT2D eigenvalue weighted by molar-refractivity contribution is 5.87. The second-order valence-corrected chi connectivity index (χ2v) is 5.31. The van der Waals surface area contributed by atoms with E-state index in [0.717, 1.165) is 18.2 Å². The number of halogens is 3. The molecule has 1 amide bonds. The molecule has 10 heteroatoms. The molecule has 0 aliphatic heterocycles. The third-order valence-electron chi connectivity index (χ3n) is 3.33. The maximum absolute atomic E-state index is 12.5. The Labute approximate surface area is 152 Å². The molecule has 0 aliphatic rings. The molecule has 1 rings (SSSR count). The Hall–Kier alpha value is -2.88. The number of carboxylic acid groups (broad SMARTS) is 1. The minimum Gasteiger partial charge on any atom is -0.480 e. The largest absolute Gasteiger partial charge is 0.480 e. The number of aliphatic hydroxyl groups is 1. The Bertz CT molecular complexity index is 700. The lowest BCUT2D eigenvalue weighted by atomic mass is 10.1. The number of alkyl halides is 3. The van der Waals surface area contributed by atoms with E-state index in [1.807, 2.05) is 0 Å². The van der Waals surface area contributed by atoms with E-state index in [1.54, 1.807) is 6.92 Å². The number of hydrogen-bond donors (Lipinski definition) is 3. The average Bonchev–Trinajstić information content (AvgIpc) is 2.59. The van der Waals surface area contributed by atoms with Gasteiger partial charge in [-0.3, -0.25) is 4.79 Å². The summed E-state index contributed by atoms with van der Waals surface area (Å²) in [5.41, 5.74) is -1.09. The van der Waals surface area contributed by atoms with Crippen LogP contribution in [-0.2, 0) is 25.3 Å². The molecule has 3 N–H and O–H groups in total. The van der Waals surface area contributed by atoms with Crippen molar-refractivity contribution in [2.75, 3.05) is 6.61 Å². The van der Waals surface area contributed by atoms with Crippen LogP contribution in [0, 0.1) is 0 Å². The lowest BCUT2D eigenvalue weighted by molar-refractivity contribution is -0.143. The van der Waals surface area contributed by atoms with Crippen molar-refractivity contribution >= 4 is 17.8 Å². The minimum absolute atomic E-state index is 0.133. The summed E-state index contributed by atoms with van der Waals surface area (Å²) in [6.45, 7) is 1.73. The van der Waals surface area contributed by atoms with E-state index in [0.29, 0.717) is 12.1 Å². The van der Waals surface area contributed by atoms with Crippen molar-refractivity contribution in [3.05, 3.63) is 47.5 Å². The quantitative estimate of drug-likeness (QED) is 0.462. The van der Waals surface area contributed by atoms with Gasteiger partial charge in [0.1, 0.15) is 6.04 Å². The zero-order valence-electron chi connectivity index (χ0n) is 14.2. The van der Waals surface area contributed by atoms with E-state index in [9.17, 15) is 32.7 Å². The molecule has 0 aliphatic carbocycles. The third kappa shape index (κ3) is 7.10. The van der Waals surface area contributed by atoms with Crippen molar-refractivity contribution in [2.45, 2.75) is 31.7 Å². The first-order chi connectivity index (χ1) is 12.6. The van der Waals surface area contributed by atoms with Gasteiger partial charge in [0.05, 0.1) is 12.2 Å². The van der Waals surface area contributed by atoms with Crippen molar-refractivity contribution < 1.29 is 42.5 Å². The van der Waals surface area contributed by atoms with Crippen molar-refractivity contribution in [1.29, 1.82) is 0 Å². The SMILES string of the molecule is CCOC(=O)/C=C/C[C@H](NC(=O)[C@@H](O)c1ccc(C(F)(F)F)cc1)C(=O)O. The minimum atomic E-state index is -4.56. The molecule has 2 atom stereocenters. The number of carbonyl (C=O) groups is 3. The standard InChI is InChI=1S/C17H18F3NO6/c1-2-27-13(22)5-3-4-12(16(25)26)21-15(24)14(23)10-6-8-11(9-7-10)17(18,19)20/h3,5-9,12,14,23H,2,4H2,1H3,(H,21,24)(H,25,26)/b5-3+/t12-,14-/m0/s1. The van der Waals surface area contributed by atoms with Crippen LogP contribution in [0.3, 0.4) is 0 Å². The maximum Gasteiger partial charge on any atom is 0.416 e. The van der Waals surface area contributed by atoms with Crippen LogP contribution >= 0.6 is 0 Å². The van der Waals surface area contributed by atoms with Crippen LogP contribution in [-0.4, -0.2) is 40.7 Å². The smallest absolute Gasteiger partial charge is 0.416 e. The zero-order valence-corrected chi connectivity index (χ0v) is 14.2. The van der Waals surface area contributed by atoms with Crippen molar-refractivity contribution in [2.24, 2.45) is 0 Å². The van der Waals surface area contributed by atoms with Crippen LogP contribution in [0.2, 0.25) is 0 Å². The number of aliphatic hydroxyl groups excluding tert-OH is 1. The molecule has 0 saturated heterocycles. The number of amides is 1. The molecule has 1 aromatic rings. The van der Waals surface area contributed by atoms with Gasteiger partial charge in [-0.1, -0.05) is 18.2 Å². The molecular formula is C17H18F3NO6. The summed E-state index contributed by atoms with van der Waals surface area (Å²) in [6.07, 6.45) is -4.51. The summed E-state index contributed by atoms with van der Waals surface area (Å²) >= 11 is 0. The number of aliphatic carboxylic acids is 1. The summed E-state index contributed by atoms with van der Waals surface area (Å²) in [6, 6.07) is 1.78. The van der Waals surface area contributed by atoms with Gasteiger partial charge < -0.3 is 20.3 Å². The summed E-state index contributed by atoms with van der Waals surface area (Å²) in [4.78, 5) is 34.3. The Morgan fingerprint density at radius 1 is 1.22 bits per heavy atom. The fourth-order valence-corrected chi connectivity index (χ4v) is 1.97. The van der Waals surface area contributed by atoms with Crippen LogP contribution in [0.25, 0.3) is 0 Å². The van der Waals surface area contributed by atoms with Crippen LogP contribution in [0.1, 0.15) is 30.6 Å². The second kappa shape index (κ2) is 9.72. The molecule has 0 fully saturated rings. The van der Waals surface area contributed by atoms with Crippen LogP contribution < -0.4 is 5.32 Å². The zero-order chi connectivity index (χ0) is 20.6. The fraction of sp³-hybridized carbons (Fsp3) is 0.353. The average molecular weight is 389 g/mol. The molecule has 0 aromatic heterocycles. The Morgan fingerprint density at radius 3 is 2.30 bits per heavy atom. The molecule has 148 valence electrons. The highest BCUT2D eigenvalue weighted by Crippen LogP contribution is 2.29. The summed E-state index contributed by atoms with van der Waals surface area (Å²) in [5, 5.41) is 21.1. The van der Waals surface area contributed by atoms with Gasteiger partial charge in [-0.2, -0.15) is 13.2 Å². The lowest BCUT2D eigenvalue weighted by Gasteiger charge is -2.17. The molecule has 0 unspecified atom stereocenters. The number of rotatable bonds is 8. The molecule has 0 spiro atoms. The molecule has 7 nitrogen and oxygen atoms in total. The van der Waals surface area contributed by atoms with Gasteiger partial charge in [0.2, 0.25) is 0 Å². The van der Waals surface area contributed by atoms with Gasteiger partial charge in [0, 0.05) is 6.08 Å². The lowest BCUT2D eigenvalue weighted by Crippen LogP contribution is -2.42. The maximum atomic E-state index is 12.5. The monoisotopic (exact) mass is 389 g/mol. The van der Waals surface area contributed by atoms with Crippen LogP contribution in [0.5, 0.6) is 0 Å². The first-order valence-corrected chi connectivity index (χ1v) is 7.78. The molecule has 1 aromatic carbocycles. The number of hydrogen-bond acceptors (Lipinski definition) is 5. The first-order valence-electron chi connectivity index (χ1n) is 7.78. The van der Waals surface area contributed by atoms with Gasteiger partial charge in [-0.05, 0) is 31.0 Å². The van der Waals surface area contributed by atoms with Gasteiger partial charge in [-0.25, -0.2) is 9.59 Å².